The minimum Gasteiger partial charge on any atom is -0.446 e. The monoisotopic (exact) mass is 521 g/mol. The van der Waals surface area contributed by atoms with E-state index in [1.165, 1.54) is 12.3 Å². The van der Waals surface area contributed by atoms with E-state index in [0.717, 1.165) is 11.3 Å². The quantitative estimate of drug-likeness (QED) is 0.442. The Morgan fingerprint density at radius 2 is 1.76 bits per heavy atom. The first-order valence-corrected chi connectivity index (χ1v) is 12.4. The molecule has 0 unspecified atom stereocenters. The van der Waals surface area contributed by atoms with Crippen molar-refractivity contribution in [3.05, 3.63) is 89.5 Å². The van der Waals surface area contributed by atoms with Gasteiger partial charge in [-0.1, -0.05) is 42.5 Å². The summed E-state index contributed by atoms with van der Waals surface area (Å²) < 4.78 is 26.1. The first-order valence-electron chi connectivity index (χ1n) is 12.4. The molecule has 0 spiro atoms. The molecule has 0 saturated carbocycles. The molecule has 3 amide bonds. The van der Waals surface area contributed by atoms with Crippen molar-refractivity contribution in [1.29, 1.82) is 0 Å². The van der Waals surface area contributed by atoms with Crippen molar-refractivity contribution in [3.63, 3.8) is 0 Å². The number of ether oxygens (including phenoxy) is 2. The number of urea groups is 1. The first kappa shape index (κ1) is 27.0. The van der Waals surface area contributed by atoms with E-state index in [2.05, 4.69) is 20.5 Å². The van der Waals surface area contributed by atoms with Crippen LogP contribution in [0.4, 0.5) is 25.4 Å². The summed E-state index contributed by atoms with van der Waals surface area (Å²) in [5.41, 5.74) is 2.83. The van der Waals surface area contributed by atoms with Gasteiger partial charge in [0.25, 0.3) is 0 Å². The molecule has 1 aliphatic rings. The lowest BCUT2D eigenvalue weighted by Gasteiger charge is -2.34. The van der Waals surface area contributed by atoms with Crippen LogP contribution in [0.5, 0.6) is 0 Å². The van der Waals surface area contributed by atoms with Crippen molar-refractivity contribution < 1.29 is 23.5 Å². The summed E-state index contributed by atoms with van der Waals surface area (Å²) in [6, 6.07) is 17.5. The Bertz CT molecular complexity index is 1220. The van der Waals surface area contributed by atoms with Crippen LogP contribution in [0.1, 0.15) is 22.9 Å². The second kappa shape index (κ2) is 13.0. The average Bonchev–Trinajstić information content (AvgIpc) is 2.93. The number of nitrogens with zero attached hydrogens (tertiary/aromatic N) is 3. The van der Waals surface area contributed by atoms with E-state index in [0.29, 0.717) is 44.0 Å². The number of pyridine rings is 1. The number of rotatable bonds is 8. The van der Waals surface area contributed by atoms with Gasteiger partial charge in [-0.3, -0.25) is 9.88 Å². The number of nitrogens with one attached hydrogen (secondary N) is 2. The van der Waals surface area contributed by atoms with Crippen LogP contribution in [0.2, 0.25) is 0 Å². The molecule has 0 aliphatic carbocycles. The van der Waals surface area contributed by atoms with E-state index in [9.17, 15) is 9.59 Å². The van der Waals surface area contributed by atoms with E-state index in [4.69, 9.17) is 9.47 Å². The maximum Gasteiger partial charge on any atom is 0.409 e. The smallest absolute Gasteiger partial charge is 0.409 e. The van der Waals surface area contributed by atoms with Gasteiger partial charge >= 0.3 is 12.1 Å². The maximum atomic E-state index is 15.2. The van der Waals surface area contributed by atoms with Gasteiger partial charge in [0.2, 0.25) is 0 Å². The molecule has 4 rings (SSSR count). The Hall–Kier alpha value is -4.02. The van der Waals surface area contributed by atoms with Gasteiger partial charge in [0.15, 0.2) is 5.82 Å². The molecular formula is C28H32FN5O4. The molecule has 2 heterocycles. The van der Waals surface area contributed by atoms with Crippen LogP contribution in [-0.2, 0) is 16.0 Å². The average molecular weight is 522 g/mol. The van der Waals surface area contributed by atoms with Crippen molar-refractivity contribution in [3.8, 4) is 0 Å². The molecule has 1 saturated heterocycles. The third-order valence-electron chi connectivity index (χ3n) is 6.33. The third-order valence-corrected chi connectivity index (χ3v) is 6.33. The molecule has 10 heteroatoms. The number of hydrogen-bond acceptors (Lipinski definition) is 6. The van der Waals surface area contributed by atoms with Crippen molar-refractivity contribution in [2.24, 2.45) is 0 Å². The van der Waals surface area contributed by atoms with Crippen molar-refractivity contribution in [2.45, 2.75) is 19.6 Å². The third kappa shape index (κ3) is 7.27. The van der Waals surface area contributed by atoms with Crippen molar-refractivity contribution in [2.75, 3.05) is 50.5 Å². The molecule has 0 bridgehead atoms. The summed E-state index contributed by atoms with van der Waals surface area (Å²) >= 11 is 0. The number of benzene rings is 2. The van der Waals surface area contributed by atoms with Crippen LogP contribution in [-0.4, -0.2) is 66.8 Å². The molecule has 2 aromatic carbocycles. The molecule has 2 N–H and O–H groups in total. The van der Waals surface area contributed by atoms with E-state index < -0.39 is 17.9 Å². The van der Waals surface area contributed by atoms with Crippen LogP contribution in [0.3, 0.4) is 0 Å². The number of piperazine rings is 1. The first-order chi connectivity index (χ1) is 18.4. The normalized spacial score (nSPS) is 14.6. The van der Waals surface area contributed by atoms with Crippen LogP contribution in [0.15, 0.2) is 66.9 Å². The van der Waals surface area contributed by atoms with E-state index in [-0.39, 0.29) is 18.4 Å². The van der Waals surface area contributed by atoms with Gasteiger partial charge in [0, 0.05) is 51.1 Å². The number of methoxy groups -OCH3 is 1. The predicted octanol–water partition coefficient (Wildman–Crippen LogP) is 4.82. The Balaban J connectivity index is 1.25. The zero-order valence-electron chi connectivity index (χ0n) is 21.5. The number of hydrogen-bond donors (Lipinski definition) is 2. The highest BCUT2D eigenvalue weighted by Crippen LogP contribution is 2.21. The molecular weight excluding hydrogens is 489 g/mol. The molecule has 3 aromatic rings. The standard InChI is InChI=1S/C28H32FN5O4/c1-20-11-12-23(17-30-20)31-27(35)32-24-10-6-9-22(26(24)29)18-33-13-15-34(16-14-33)28(36)38-19-25(37-2)21-7-4-3-5-8-21/h3-12,17,25H,13-16,18-19H2,1-2H3,(H2,31,32,35)/t25-/m1/s1. The predicted molar refractivity (Wildman–Crippen MR) is 142 cm³/mol. The maximum absolute atomic E-state index is 15.2. The Labute approximate surface area is 221 Å². The number of aryl methyl sites for hydroxylation is 1. The van der Waals surface area contributed by atoms with Crippen molar-refractivity contribution >= 4 is 23.5 Å². The van der Waals surface area contributed by atoms with E-state index >= 15 is 4.39 Å². The summed E-state index contributed by atoms with van der Waals surface area (Å²) in [5, 5.41) is 5.21. The number of carbonyl (C=O) groups is 2. The fraction of sp³-hybridized carbons (Fsp3) is 0.321. The number of aromatic nitrogens is 1. The van der Waals surface area contributed by atoms with Crippen LogP contribution in [0.25, 0.3) is 0 Å². The molecule has 0 radical (unpaired) electrons. The molecule has 9 nitrogen and oxygen atoms in total. The highest BCUT2D eigenvalue weighted by Gasteiger charge is 2.24. The van der Waals surface area contributed by atoms with Gasteiger partial charge < -0.3 is 25.0 Å². The van der Waals surface area contributed by atoms with Crippen molar-refractivity contribution in [1.82, 2.24) is 14.8 Å². The highest BCUT2D eigenvalue weighted by molar-refractivity contribution is 5.99. The van der Waals surface area contributed by atoms with Gasteiger partial charge in [0.1, 0.15) is 12.7 Å². The summed E-state index contributed by atoms with van der Waals surface area (Å²) in [4.78, 5) is 32.7. The Morgan fingerprint density at radius 3 is 2.45 bits per heavy atom. The molecule has 200 valence electrons. The number of halogens is 1. The van der Waals surface area contributed by atoms with Gasteiger partial charge in [0.05, 0.1) is 17.6 Å². The zero-order valence-corrected chi connectivity index (χ0v) is 21.5. The van der Waals surface area contributed by atoms with Gasteiger partial charge in [-0.25, -0.2) is 14.0 Å². The molecule has 38 heavy (non-hydrogen) atoms. The van der Waals surface area contributed by atoms with Crippen LogP contribution in [0, 0.1) is 12.7 Å². The van der Waals surface area contributed by atoms with Gasteiger partial charge in [-0.15, -0.1) is 0 Å². The second-order valence-corrected chi connectivity index (χ2v) is 9.02. The van der Waals surface area contributed by atoms with E-state index in [1.54, 1.807) is 36.3 Å². The lowest BCUT2D eigenvalue weighted by Crippen LogP contribution is -2.48. The Morgan fingerprint density at radius 1 is 1.00 bits per heavy atom. The second-order valence-electron chi connectivity index (χ2n) is 9.02. The Kier molecular flexibility index (Phi) is 9.23. The molecule has 1 aromatic heterocycles. The molecule has 1 atom stereocenters. The summed E-state index contributed by atoms with van der Waals surface area (Å²) in [5.74, 6) is -0.488. The number of amides is 3. The summed E-state index contributed by atoms with van der Waals surface area (Å²) in [7, 11) is 1.59. The van der Waals surface area contributed by atoms with Gasteiger partial charge in [-0.2, -0.15) is 0 Å². The minimum atomic E-state index is -0.554. The number of anilines is 2. The fourth-order valence-corrected chi connectivity index (χ4v) is 4.16. The van der Waals surface area contributed by atoms with Crippen LogP contribution < -0.4 is 10.6 Å². The van der Waals surface area contributed by atoms with E-state index in [1.807, 2.05) is 37.3 Å². The molecule has 1 fully saturated rings. The summed E-state index contributed by atoms with van der Waals surface area (Å²) in [6.07, 6.45) is 0.812. The lowest BCUT2D eigenvalue weighted by atomic mass is 10.1. The van der Waals surface area contributed by atoms with Crippen LogP contribution >= 0.6 is 0 Å². The largest absolute Gasteiger partial charge is 0.446 e. The lowest BCUT2D eigenvalue weighted by molar-refractivity contribution is 0.0150. The van der Waals surface area contributed by atoms with Gasteiger partial charge in [-0.05, 0) is 30.7 Å². The minimum absolute atomic E-state index is 0.0911. The molecule has 1 aliphatic heterocycles. The number of carbonyl (C=O) groups excluding carboxylic acids is 2. The topological polar surface area (TPSA) is 96.0 Å². The fourth-order valence-electron chi connectivity index (χ4n) is 4.16. The highest BCUT2D eigenvalue weighted by atomic mass is 19.1. The SMILES string of the molecule is CO[C@H](COC(=O)N1CCN(Cc2cccc(NC(=O)Nc3ccc(C)nc3)c2F)CC1)c1ccccc1. The zero-order chi connectivity index (χ0) is 26.9. The summed E-state index contributed by atoms with van der Waals surface area (Å²) in [6.45, 7) is 4.40.